The molecule has 2 aromatic rings. The summed E-state index contributed by atoms with van der Waals surface area (Å²) in [6.07, 6.45) is 1.51. The molecule has 102 valence electrons. The fourth-order valence-electron chi connectivity index (χ4n) is 2.50. The van der Waals surface area contributed by atoms with Gasteiger partial charge in [-0.25, -0.2) is 4.39 Å². The zero-order valence-corrected chi connectivity index (χ0v) is 11.5. The molecule has 0 spiro atoms. The minimum atomic E-state index is -0.564. The summed E-state index contributed by atoms with van der Waals surface area (Å²) >= 11 is 6.03. The Morgan fingerprint density at radius 2 is 1.80 bits per heavy atom. The van der Waals surface area contributed by atoms with Gasteiger partial charge in [0.05, 0.1) is 10.4 Å². The molecule has 0 radical (unpaired) electrons. The highest BCUT2D eigenvalue weighted by Gasteiger charge is 2.51. The third-order valence-electron chi connectivity index (χ3n) is 3.82. The van der Waals surface area contributed by atoms with Gasteiger partial charge >= 0.3 is 0 Å². The molecule has 2 nitrogen and oxygen atoms in total. The number of Topliss-reactive ketones (excluding diaryl/α,β-unsaturated/α-hetero) is 1. The molecule has 0 aliphatic heterocycles. The molecule has 0 amide bonds. The van der Waals surface area contributed by atoms with Gasteiger partial charge in [-0.05, 0) is 48.7 Å². The molecule has 0 bridgehead atoms. The summed E-state index contributed by atoms with van der Waals surface area (Å²) in [6.45, 7) is 0. The number of halogens is 2. The molecular formula is C16H13ClFNO. The van der Waals surface area contributed by atoms with Crippen LogP contribution in [0, 0.1) is 5.82 Å². The predicted molar refractivity (Wildman–Crippen MR) is 77.5 cm³/mol. The van der Waals surface area contributed by atoms with Gasteiger partial charge in [0.2, 0.25) is 0 Å². The van der Waals surface area contributed by atoms with E-state index in [1.807, 2.05) is 12.1 Å². The number of ketones is 1. The van der Waals surface area contributed by atoms with Crippen molar-refractivity contribution >= 4 is 23.1 Å². The van der Waals surface area contributed by atoms with Crippen LogP contribution >= 0.6 is 11.6 Å². The van der Waals surface area contributed by atoms with Crippen LogP contribution in [0.25, 0.3) is 0 Å². The normalized spacial score (nSPS) is 15.9. The first-order valence-electron chi connectivity index (χ1n) is 6.39. The lowest BCUT2D eigenvalue weighted by Gasteiger charge is -2.15. The van der Waals surface area contributed by atoms with Gasteiger partial charge in [-0.2, -0.15) is 0 Å². The molecule has 4 heteroatoms. The zero-order valence-electron chi connectivity index (χ0n) is 10.7. The lowest BCUT2D eigenvalue weighted by atomic mass is 9.87. The Labute approximate surface area is 121 Å². The van der Waals surface area contributed by atoms with Crippen molar-refractivity contribution in [3.05, 3.63) is 64.4 Å². The number of rotatable bonds is 3. The maximum Gasteiger partial charge on any atom is 0.174 e. The van der Waals surface area contributed by atoms with Crippen molar-refractivity contribution in [2.24, 2.45) is 0 Å². The lowest BCUT2D eigenvalue weighted by molar-refractivity contribution is 0.0946. The van der Waals surface area contributed by atoms with Gasteiger partial charge in [0, 0.05) is 11.3 Å². The first-order valence-corrected chi connectivity index (χ1v) is 6.77. The Kier molecular flexibility index (Phi) is 3.02. The molecule has 0 unspecified atom stereocenters. The maximum absolute atomic E-state index is 13.3. The van der Waals surface area contributed by atoms with Crippen molar-refractivity contribution in [3.63, 3.8) is 0 Å². The average Bonchev–Trinajstić information content (AvgIpc) is 3.23. The highest BCUT2D eigenvalue weighted by Crippen LogP contribution is 2.51. The van der Waals surface area contributed by atoms with Crippen molar-refractivity contribution in [1.82, 2.24) is 0 Å². The molecule has 1 saturated carbocycles. The van der Waals surface area contributed by atoms with Crippen LogP contribution < -0.4 is 5.73 Å². The Balaban J connectivity index is 2.01. The minimum Gasteiger partial charge on any atom is -0.399 e. The van der Waals surface area contributed by atoms with E-state index >= 15 is 0 Å². The van der Waals surface area contributed by atoms with Crippen LogP contribution in [0.1, 0.15) is 28.8 Å². The Bertz CT molecular complexity index is 677. The van der Waals surface area contributed by atoms with Gasteiger partial charge in [0.15, 0.2) is 5.78 Å². The lowest BCUT2D eigenvalue weighted by Crippen LogP contribution is -2.21. The molecule has 1 aliphatic carbocycles. The zero-order chi connectivity index (χ0) is 14.3. The topological polar surface area (TPSA) is 43.1 Å². The largest absolute Gasteiger partial charge is 0.399 e. The van der Waals surface area contributed by atoms with Gasteiger partial charge in [-0.15, -0.1) is 0 Å². The standard InChI is InChI=1S/C16H13ClFNO/c17-14-6-3-11(18)9-13(14)15(20)16(7-8-16)10-1-4-12(19)5-2-10/h1-6,9H,7-8,19H2. The molecule has 0 atom stereocenters. The van der Waals surface area contributed by atoms with E-state index in [0.717, 1.165) is 18.4 Å². The first kappa shape index (κ1) is 13.1. The van der Waals surface area contributed by atoms with Crippen molar-refractivity contribution < 1.29 is 9.18 Å². The minimum absolute atomic E-state index is 0.119. The third-order valence-corrected chi connectivity index (χ3v) is 4.15. The number of anilines is 1. The summed E-state index contributed by atoms with van der Waals surface area (Å²) in [7, 11) is 0. The number of nitrogens with two attached hydrogens (primary N) is 1. The number of carbonyl (C=O) groups excluding carboxylic acids is 1. The van der Waals surface area contributed by atoms with Crippen LogP contribution in [0.3, 0.4) is 0 Å². The van der Waals surface area contributed by atoms with Gasteiger partial charge in [0.25, 0.3) is 0 Å². The number of nitrogen functional groups attached to an aromatic ring is 1. The SMILES string of the molecule is Nc1ccc(C2(C(=O)c3cc(F)ccc3Cl)CC2)cc1. The molecule has 2 N–H and O–H groups in total. The fraction of sp³-hybridized carbons (Fsp3) is 0.188. The Morgan fingerprint density at radius 1 is 1.15 bits per heavy atom. The predicted octanol–water partition coefficient (Wildman–Crippen LogP) is 3.98. The molecule has 1 fully saturated rings. The van der Waals surface area contributed by atoms with E-state index in [-0.39, 0.29) is 16.4 Å². The highest BCUT2D eigenvalue weighted by molar-refractivity contribution is 6.34. The molecule has 0 saturated heterocycles. The van der Waals surface area contributed by atoms with Crippen LogP contribution in [0.4, 0.5) is 10.1 Å². The second-order valence-electron chi connectivity index (χ2n) is 5.16. The molecule has 0 aromatic heterocycles. The van der Waals surface area contributed by atoms with E-state index in [0.29, 0.717) is 5.69 Å². The molecule has 1 aliphatic rings. The van der Waals surface area contributed by atoms with Gasteiger partial charge in [-0.3, -0.25) is 4.79 Å². The molecule has 3 rings (SSSR count). The Morgan fingerprint density at radius 3 is 2.40 bits per heavy atom. The van der Waals surface area contributed by atoms with Crippen molar-refractivity contribution in [1.29, 1.82) is 0 Å². The smallest absolute Gasteiger partial charge is 0.174 e. The second kappa shape index (κ2) is 4.60. The van der Waals surface area contributed by atoms with E-state index < -0.39 is 11.2 Å². The van der Waals surface area contributed by atoms with Crippen LogP contribution in [0.5, 0.6) is 0 Å². The van der Waals surface area contributed by atoms with Gasteiger partial charge in [-0.1, -0.05) is 23.7 Å². The summed E-state index contributed by atoms with van der Waals surface area (Å²) < 4.78 is 13.3. The van der Waals surface area contributed by atoms with E-state index in [9.17, 15) is 9.18 Å². The van der Waals surface area contributed by atoms with Crippen LogP contribution in [0.15, 0.2) is 42.5 Å². The summed E-state index contributed by atoms with van der Waals surface area (Å²) in [5.74, 6) is -0.572. The molecule has 20 heavy (non-hydrogen) atoms. The second-order valence-corrected chi connectivity index (χ2v) is 5.56. The number of hydrogen-bond acceptors (Lipinski definition) is 2. The highest BCUT2D eigenvalue weighted by atomic mass is 35.5. The third kappa shape index (κ3) is 2.08. The summed E-state index contributed by atoms with van der Waals surface area (Å²) in [4.78, 5) is 12.7. The van der Waals surface area contributed by atoms with E-state index in [2.05, 4.69) is 0 Å². The van der Waals surface area contributed by atoms with Gasteiger partial charge < -0.3 is 5.73 Å². The molecule has 0 heterocycles. The average molecular weight is 290 g/mol. The number of benzene rings is 2. The number of hydrogen-bond donors (Lipinski definition) is 1. The summed E-state index contributed by atoms with van der Waals surface area (Å²) in [5, 5.41) is 0.290. The van der Waals surface area contributed by atoms with Crippen LogP contribution in [0.2, 0.25) is 5.02 Å². The Hall–Kier alpha value is -1.87. The van der Waals surface area contributed by atoms with Gasteiger partial charge in [0.1, 0.15) is 5.82 Å². The summed E-state index contributed by atoms with van der Waals surface area (Å²) in [6, 6.07) is 11.1. The van der Waals surface area contributed by atoms with Crippen LogP contribution in [-0.2, 0) is 5.41 Å². The summed E-state index contributed by atoms with van der Waals surface area (Å²) in [5.41, 5.74) is 6.92. The first-order chi connectivity index (χ1) is 9.53. The molecular weight excluding hydrogens is 277 g/mol. The van der Waals surface area contributed by atoms with E-state index in [4.69, 9.17) is 17.3 Å². The maximum atomic E-state index is 13.3. The quantitative estimate of drug-likeness (QED) is 0.686. The van der Waals surface area contributed by atoms with Crippen LogP contribution in [-0.4, -0.2) is 5.78 Å². The van der Waals surface area contributed by atoms with E-state index in [1.165, 1.54) is 18.2 Å². The van der Waals surface area contributed by atoms with Crippen molar-refractivity contribution in [2.75, 3.05) is 5.73 Å². The monoisotopic (exact) mass is 289 g/mol. The van der Waals surface area contributed by atoms with Crippen molar-refractivity contribution in [2.45, 2.75) is 18.3 Å². The fourth-order valence-corrected chi connectivity index (χ4v) is 2.71. The molecule has 2 aromatic carbocycles. The van der Waals surface area contributed by atoms with Crippen molar-refractivity contribution in [3.8, 4) is 0 Å². The number of carbonyl (C=O) groups is 1. The van der Waals surface area contributed by atoms with E-state index in [1.54, 1.807) is 12.1 Å².